The Morgan fingerprint density at radius 3 is 2.78 bits per heavy atom. The Bertz CT molecular complexity index is 941. The zero-order valence-electron chi connectivity index (χ0n) is 15.4. The van der Waals surface area contributed by atoms with Crippen LogP contribution >= 0.6 is 11.3 Å². The van der Waals surface area contributed by atoms with Gasteiger partial charge in [0.25, 0.3) is 0 Å². The number of nitrogen functional groups attached to an aromatic ring is 1. The highest BCUT2D eigenvalue weighted by molar-refractivity contribution is 7.19. The fraction of sp³-hybridized carbons (Fsp3) is 0.400. The molecule has 1 aliphatic carbocycles. The van der Waals surface area contributed by atoms with Gasteiger partial charge in [0.05, 0.1) is 11.9 Å². The van der Waals surface area contributed by atoms with Gasteiger partial charge in [-0.05, 0) is 62.6 Å². The Morgan fingerprint density at radius 1 is 1.19 bits per heavy atom. The monoisotopic (exact) mass is 386 g/mol. The summed E-state index contributed by atoms with van der Waals surface area (Å²) in [6.45, 7) is 1.82. The summed E-state index contributed by atoms with van der Waals surface area (Å²) in [4.78, 5) is 13.8. The molecule has 0 spiro atoms. The van der Waals surface area contributed by atoms with Crippen molar-refractivity contribution in [1.82, 2.24) is 14.9 Å². The molecule has 27 heavy (non-hydrogen) atoms. The molecule has 1 aromatic carbocycles. The highest BCUT2D eigenvalue weighted by atomic mass is 32.1. The molecule has 3 aromatic rings. The van der Waals surface area contributed by atoms with Gasteiger partial charge < -0.3 is 10.5 Å². The quantitative estimate of drug-likeness (QED) is 0.698. The summed E-state index contributed by atoms with van der Waals surface area (Å²) in [5.74, 6) is 1.74. The number of nitrogens with two attached hydrogens (primary N) is 1. The van der Waals surface area contributed by atoms with Crippen molar-refractivity contribution in [2.45, 2.75) is 32.2 Å². The molecule has 0 aliphatic heterocycles. The predicted octanol–water partition coefficient (Wildman–Crippen LogP) is 3.80. The van der Waals surface area contributed by atoms with Crippen molar-refractivity contribution in [3.8, 4) is 5.75 Å². The number of ether oxygens (including phenoxy) is 1. The average Bonchev–Trinajstić information content (AvgIpc) is 3.02. The highest BCUT2D eigenvalue weighted by Gasteiger charge is 2.20. The minimum Gasteiger partial charge on any atom is -0.492 e. The Kier molecular flexibility index (Phi) is 5.22. The number of hydrogen-bond donors (Lipinski definition) is 1. The van der Waals surface area contributed by atoms with Crippen LogP contribution in [0.1, 0.15) is 29.1 Å². The lowest BCUT2D eigenvalue weighted by Gasteiger charge is -2.16. The second-order valence-electron chi connectivity index (χ2n) is 6.96. The van der Waals surface area contributed by atoms with Crippen molar-refractivity contribution in [3.05, 3.63) is 46.3 Å². The molecule has 0 bridgehead atoms. The first kappa shape index (κ1) is 18.1. The van der Waals surface area contributed by atoms with E-state index in [9.17, 15) is 4.39 Å². The molecule has 4 rings (SSSR count). The number of rotatable bonds is 6. The number of nitrogens with zero attached hydrogens (tertiary/aromatic N) is 3. The lowest BCUT2D eigenvalue weighted by atomic mass is 9.97. The standard InChI is InChI=1S/C20H23FN4OS/c1-25(10-11-26-14-8-6-13(21)7-9-14)12-17-23-19(22)18-15-4-2-3-5-16(15)27-20(18)24-17/h6-9H,2-5,10-12H2,1H3,(H2,22,23,24). The number of hydrogen-bond acceptors (Lipinski definition) is 6. The maximum absolute atomic E-state index is 12.9. The van der Waals surface area contributed by atoms with Gasteiger partial charge in [-0.3, -0.25) is 4.90 Å². The fourth-order valence-electron chi connectivity index (χ4n) is 3.47. The number of fused-ring (bicyclic) bond motifs is 3. The summed E-state index contributed by atoms with van der Waals surface area (Å²) >= 11 is 1.77. The van der Waals surface area contributed by atoms with Gasteiger partial charge in [0.2, 0.25) is 0 Å². The van der Waals surface area contributed by atoms with Crippen LogP contribution in [-0.4, -0.2) is 35.1 Å². The number of aromatic nitrogens is 2. The van der Waals surface area contributed by atoms with E-state index in [1.807, 2.05) is 7.05 Å². The van der Waals surface area contributed by atoms with Crippen LogP contribution in [0.5, 0.6) is 5.75 Å². The predicted molar refractivity (Wildman–Crippen MR) is 107 cm³/mol. The summed E-state index contributed by atoms with van der Waals surface area (Å²) in [6.07, 6.45) is 4.68. The van der Waals surface area contributed by atoms with Gasteiger partial charge in [0, 0.05) is 11.4 Å². The second-order valence-corrected chi connectivity index (χ2v) is 8.04. The molecule has 7 heteroatoms. The third-order valence-corrected chi connectivity index (χ3v) is 6.04. The number of aryl methyl sites for hydroxylation is 2. The van der Waals surface area contributed by atoms with Crippen LogP contribution in [0.15, 0.2) is 24.3 Å². The summed E-state index contributed by atoms with van der Waals surface area (Å²) in [7, 11) is 2.00. The van der Waals surface area contributed by atoms with E-state index in [1.54, 1.807) is 23.5 Å². The molecule has 142 valence electrons. The largest absolute Gasteiger partial charge is 0.492 e. The Morgan fingerprint density at radius 2 is 1.96 bits per heavy atom. The zero-order chi connectivity index (χ0) is 18.8. The number of likely N-dealkylation sites (N-methyl/N-ethyl adjacent to an activating group) is 1. The Balaban J connectivity index is 1.39. The topological polar surface area (TPSA) is 64.3 Å². The molecule has 0 amide bonds. The van der Waals surface area contributed by atoms with E-state index in [2.05, 4.69) is 9.88 Å². The molecule has 0 fully saturated rings. The summed E-state index contributed by atoms with van der Waals surface area (Å²) in [6, 6.07) is 6.05. The SMILES string of the molecule is CN(CCOc1ccc(F)cc1)Cc1nc(N)c2c3c(sc2n1)CCCC3. The molecule has 5 nitrogen and oxygen atoms in total. The molecule has 0 saturated carbocycles. The van der Waals surface area contributed by atoms with Crippen molar-refractivity contribution >= 4 is 27.4 Å². The van der Waals surface area contributed by atoms with E-state index in [0.29, 0.717) is 31.3 Å². The van der Waals surface area contributed by atoms with E-state index < -0.39 is 0 Å². The summed E-state index contributed by atoms with van der Waals surface area (Å²) < 4.78 is 18.6. The van der Waals surface area contributed by atoms with E-state index >= 15 is 0 Å². The van der Waals surface area contributed by atoms with Crippen molar-refractivity contribution in [2.24, 2.45) is 0 Å². The van der Waals surface area contributed by atoms with Crippen LogP contribution in [0.4, 0.5) is 10.2 Å². The molecule has 2 N–H and O–H groups in total. The maximum atomic E-state index is 12.9. The summed E-state index contributed by atoms with van der Waals surface area (Å²) in [5, 5.41) is 1.07. The maximum Gasteiger partial charge on any atom is 0.146 e. The summed E-state index contributed by atoms with van der Waals surface area (Å²) in [5.41, 5.74) is 7.64. The van der Waals surface area contributed by atoms with Crippen LogP contribution < -0.4 is 10.5 Å². The van der Waals surface area contributed by atoms with Crippen LogP contribution in [-0.2, 0) is 19.4 Å². The van der Waals surface area contributed by atoms with Gasteiger partial charge in [0.15, 0.2) is 0 Å². The number of thiophene rings is 1. The van der Waals surface area contributed by atoms with E-state index in [1.165, 1.54) is 35.4 Å². The lowest BCUT2D eigenvalue weighted by molar-refractivity contribution is 0.230. The number of anilines is 1. The van der Waals surface area contributed by atoms with Crippen LogP contribution in [0.3, 0.4) is 0 Å². The molecule has 0 saturated heterocycles. The van der Waals surface area contributed by atoms with Crippen LogP contribution in [0.2, 0.25) is 0 Å². The normalized spacial score (nSPS) is 13.9. The molecule has 0 radical (unpaired) electrons. The van der Waals surface area contributed by atoms with Crippen LogP contribution in [0.25, 0.3) is 10.2 Å². The molecule has 2 heterocycles. The molecular formula is C20H23FN4OS. The number of benzene rings is 1. The van der Waals surface area contributed by atoms with E-state index in [-0.39, 0.29) is 5.82 Å². The fourth-order valence-corrected chi connectivity index (χ4v) is 4.76. The molecule has 0 atom stereocenters. The molecular weight excluding hydrogens is 363 g/mol. The zero-order valence-corrected chi connectivity index (χ0v) is 16.2. The van der Waals surface area contributed by atoms with E-state index in [4.69, 9.17) is 15.5 Å². The first-order valence-corrected chi connectivity index (χ1v) is 10.1. The molecule has 2 aromatic heterocycles. The van der Waals surface area contributed by atoms with Crippen molar-refractivity contribution < 1.29 is 9.13 Å². The van der Waals surface area contributed by atoms with Gasteiger partial charge in [-0.15, -0.1) is 11.3 Å². The molecule has 1 aliphatic rings. The Hall–Kier alpha value is -2.25. The highest BCUT2D eigenvalue weighted by Crippen LogP contribution is 2.37. The number of halogens is 1. The smallest absolute Gasteiger partial charge is 0.146 e. The van der Waals surface area contributed by atoms with Crippen molar-refractivity contribution in [1.29, 1.82) is 0 Å². The lowest BCUT2D eigenvalue weighted by Crippen LogP contribution is -2.25. The van der Waals surface area contributed by atoms with Crippen molar-refractivity contribution in [2.75, 3.05) is 25.9 Å². The third kappa shape index (κ3) is 4.04. The van der Waals surface area contributed by atoms with Gasteiger partial charge in [-0.2, -0.15) is 0 Å². The first-order chi connectivity index (χ1) is 13.1. The molecule has 0 unspecified atom stereocenters. The van der Waals surface area contributed by atoms with Crippen molar-refractivity contribution in [3.63, 3.8) is 0 Å². The minimum atomic E-state index is -0.264. The van der Waals surface area contributed by atoms with Gasteiger partial charge >= 0.3 is 0 Å². The minimum absolute atomic E-state index is 0.264. The van der Waals surface area contributed by atoms with Gasteiger partial charge in [-0.25, -0.2) is 14.4 Å². The first-order valence-electron chi connectivity index (χ1n) is 9.23. The van der Waals surface area contributed by atoms with E-state index in [0.717, 1.165) is 28.9 Å². The van der Waals surface area contributed by atoms with Crippen LogP contribution in [0, 0.1) is 5.82 Å². The average molecular weight is 386 g/mol. The van der Waals surface area contributed by atoms with Gasteiger partial charge in [-0.1, -0.05) is 0 Å². The van der Waals surface area contributed by atoms with Gasteiger partial charge in [0.1, 0.15) is 34.6 Å². The third-order valence-electron chi connectivity index (χ3n) is 4.86. The Labute approximate surface area is 162 Å². The second kappa shape index (κ2) is 7.78.